The Labute approximate surface area is 122 Å². The number of aromatic nitrogens is 1. The third kappa shape index (κ3) is 3.22. The number of nitrogens with one attached hydrogen (secondary N) is 1. The maximum absolute atomic E-state index is 12.3. The molecule has 110 valence electrons. The molecule has 1 atom stereocenters. The van der Waals surface area contributed by atoms with Crippen molar-refractivity contribution < 1.29 is 13.9 Å². The molecule has 0 spiro atoms. The number of anilines is 1. The Bertz CT molecular complexity index is 612. The normalized spacial score (nSPS) is 18.5. The number of pyridine rings is 1. The largest absolute Gasteiger partial charge is 0.467 e. The van der Waals surface area contributed by atoms with E-state index >= 15 is 0 Å². The summed E-state index contributed by atoms with van der Waals surface area (Å²) >= 11 is 0. The molecule has 1 saturated heterocycles. The number of rotatable bonds is 2. The average Bonchev–Trinajstić information content (AvgIpc) is 3.02. The highest BCUT2D eigenvalue weighted by atomic mass is 16.5. The van der Waals surface area contributed by atoms with Gasteiger partial charge >= 0.3 is 6.03 Å². The van der Waals surface area contributed by atoms with Crippen LogP contribution in [0.25, 0.3) is 0 Å². The molecule has 0 aliphatic carbocycles. The lowest BCUT2D eigenvalue weighted by molar-refractivity contribution is -0.0242. The first-order valence-electron chi connectivity index (χ1n) is 6.87. The monoisotopic (exact) mass is 287 g/mol. The summed E-state index contributed by atoms with van der Waals surface area (Å²) in [6.45, 7) is 3.39. The van der Waals surface area contributed by atoms with Gasteiger partial charge in [0.1, 0.15) is 17.7 Å². The molecule has 0 bridgehead atoms. The van der Waals surface area contributed by atoms with Gasteiger partial charge in [-0.2, -0.15) is 0 Å². The van der Waals surface area contributed by atoms with Crippen molar-refractivity contribution in [1.82, 2.24) is 9.88 Å². The highest BCUT2D eigenvalue weighted by molar-refractivity contribution is 5.88. The van der Waals surface area contributed by atoms with Gasteiger partial charge in [0.2, 0.25) is 0 Å². The first-order valence-corrected chi connectivity index (χ1v) is 6.87. The van der Waals surface area contributed by atoms with E-state index in [0.29, 0.717) is 25.5 Å². The van der Waals surface area contributed by atoms with Crippen molar-refractivity contribution in [3.8, 4) is 0 Å². The molecule has 3 rings (SSSR count). The van der Waals surface area contributed by atoms with Crippen LogP contribution in [0.5, 0.6) is 0 Å². The number of ether oxygens (including phenoxy) is 1. The Morgan fingerprint density at radius 1 is 1.38 bits per heavy atom. The molecule has 0 aromatic carbocycles. The molecule has 6 heteroatoms. The van der Waals surface area contributed by atoms with Crippen LogP contribution in [-0.4, -0.2) is 35.6 Å². The van der Waals surface area contributed by atoms with E-state index in [2.05, 4.69) is 10.3 Å². The van der Waals surface area contributed by atoms with Gasteiger partial charge in [-0.3, -0.25) is 5.32 Å². The molecule has 1 N–H and O–H groups in total. The molecular formula is C15H17N3O3. The Morgan fingerprint density at radius 3 is 3.05 bits per heavy atom. The summed E-state index contributed by atoms with van der Waals surface area (Å²) in [5, 5.41) is 2.81. The van der Waals surface area contributed by atoms with Crippen LogP contribution in [0.3, 0.4) is 0 Å². The quantitative estimate of drug-likeness (QED) is 0.922. The fourth-order valence-corrected chi connectivity index (χ4v) is 2.28. The molecule has 2 aromatic heterocycles. The second-order valence-corrected chi connectivity index (χ2v) is 4.92. The molecule has 6 nitrogen and oxygen atoms in total. The van der Waals surface area contributed by atoms with Crippen LogP contribution in [0.15, 0.2) is 41.0 Å². The molecular weight excluding hydrogens is 270 g/mol. The lowest BCUT2D eigenvalue weighted by atomic mass is 10.2. The van der Waals surface area contributed by atoms with E-state index in [1.165, 1.54) is 0 Å². The van der Waals surface area contributed by atoms with Gasteiger partial charge in [-0.05, 0) is 31.2 Å². The van der Waals surface area contributed by atoms with Gasteiger partial charge in [-0.25, -0.2) is 9.78 Å². The van der Waals surface area contributed by atoms with Gasteiger partial charge in [0.25, 0.3) is 0 Å². The Morgan fingerprint density at radius 2 is 2.29 bits per heavy atom. The number of carbonyl (C=O) groups excluding carboxylic acids is 1. The zero-order chi connectivity index (χ0) is 14.7. The van der Waals surface area contributed by atoms with E-state index in [1.54, 1.807) is 17.2 Å². The lowest BCUT2D eigenvalue weighted by Gasteiger charge is -2.31. The zero-order valence-corrected chi connectivity index (χ0v) is 11.8. The number of hydrogen-bond acceptors (Lipinski definition) is 4. The summed E-state index contributed by atoms with van der Waals surface area (Å²) < 4.78 is 11.0. The standard InChI is InChI=1S/C15H17N3O3/c1-11-4-2-6-14(16-11)17-15(19)18-7-9-21-13(10-18)12-5-3-8-20-12/h2-6,8,13H,7,9-10H2,1H3,(H,16,17,19)/t13-/m0/s1. The maximum Gasteiger partial charge on any atom is 0.323 e. The minimum absolute atomic E-state index is 0.173. The number of amides is 2. The van der Waals surface area contributed by atoms with Crippen molar-refractivity contribution in [2.45, 2.75) is 13.0 Å². The van der Waals surface area contributed by atoms with Crippen molar-refractivity contribution in [1.29, 1.82) is 0 Å². The second-order valence-electron chi connectivity index (χ2n) is 4.92. The van der Waals surface area contributed by atoms with E-state index in [4.69, 9.17) is 9.15 Å². The van der Waals surface area contributed by atoms with Gasteiger partial charge < -0.3 is 14.1 Å². The van der Waals surface area contributed by atoms with Crippen LogP contribution >= 0.6 is 0 Å². The van der Waals surface area contributed by atoms with Crippen LogP contribution in [0.2, 0.25) is 0 Å². The molecule has 1 fully saturated rings. The number of hydrogen-bond donors (Lipinski definition) is 1. The van der Waals surface area contributed by atoms with Crippen LogP contribution in [0, 0.1) is 6.92 Å². The fraction of sp³-hybridized carbons (Fsp3) is 0.333. The molecule has 0 unspecified atom stereocenters. The number of aryl methyl sites for hydroxylation is 1. The summed E-state index contributed by atoms with van der Waals surface area (Å²) in [6, 6.07) is 9.02. The van der Waals surface area contributed by atoms with E-state index in [-0.39, 0.29) is 12.1 Å². The number of urea groups is 1. The van der Waals surface area contributed by atoms with Gasteiger partial charge in [0.15, 0.2) is 0 Å². The van der Waals surface area contributed by atoms with Crippen LogP contribution in [0.4, 0.5) is 10.6 Å². The molecule has 1 aliphatic heterocycles. The van der Waals surface area contributed by atoms with Crippen LogP contribution in [-0.2, 0) is 4.74 Å². The lowest BCUT2D eigenvalue weighted by Crippen LogP contribution is -2.44. The summed E-state index contributed by atoms with van der Waals surface area (Å²) in [5.74, 6) is 1.29. The minimum Gasteiger partial charge on any atom is -0.467 e. The van der Waals surface area contributed by atoms with E-state index in [9.17, 15) is 4.79 Å². The van der Waals surface area contributed by atoms with Crippen LogP contribution < -0.4 is 5.32 Å². The molecule has 1 aliphatic rings. The molecule has 0 saturated carbocycles. The molecule has 2 amide bonds. The van der Waals surface area contributed by atoms with Crippen molar-refractivity contribution in [3.05, 3.63) is 48.0 Å². The molecule has 21 heavy (non-hydrogen) atoms. The number of furan rings is 1. The van der Waals surface area contributed by atoms with E-state index in [1.807, 2.05) is 31.2 Å². The smallest absolute Gasteiger partial charge is 0.323 e. The van der Waals surface area contributed by atoms with Gasteiger partial charge in [0, 0.05) is 12.2 Å². The van der Waals surface area contributed by atoms with Gasteiger partial charge in [0.05, 0.1) is 19.4 Å². The summed E-state index contributed by atoms with van der Waals surface area (Å²) in [4.78, 5) is 18.3. The Balaban J connectivity index is 1.64. The fourth-order valence-electron chi connectivity index (χ4n) is 2.28. The average molecular weight is 287 g/mol. The first-order chi connectivity index (χ1) is 10.2. The third-order valence-corrected chi connectivity index (χ3v) is 3.34. The van der Waals surface area contributed by atoms with E-state index < -0.39 is 0 Å². The van der Waals surface area contributed by atoms with Crippen molar-refractivity contribution in [2.24, 2.45) is 0 Å². The van der Waals surface area contributed by atoms with Gasteiger partial charge in [-0.1, -0.05) is 6.07 Å². The molecule has 2 aromatic rings. The predicted octanol–water partition coefficient (Wildman–Crippen LogP) is 2.59. The minimum atomic E-state index is -0.218. The first kappa shape index (κ1) is 13.6. The topological polar surface area (TPSA) is 67.6 Å². The van der Waals surface area contributed by atoms with Gasteiger partial charge in [-0.15, -0.1) is 0 Å². The van der Waals surface area contributed by atoms with Crippen molar-refractivity contribution >= 4 is 11.8 Å². The molecule has 3 heterocycles. The zero-order valence-electron chi connectivity index (χ0n) is 11.8. The maximum atomic E-state index is 12.3. The second kappa shape index (κ2) is 5.97. The third-order valence-electron chi connectivity index (χ3n) is 3.34. The predicted molar refractivity (Wildman–Crippen MR) is 77.0 cm³/mol. The Hall–Kier alpha value is -2.34. The van der Waals surface area contributed by atoms with Crippen LogP contribution in [0.1, 0.15) is 17.6 Å². The number of nitrogens with zero attached hydrogens (tertiary/aromatic N) is 2. The van der Waals surface area contributed by atoms with Crippen molar-refractivity contribution in [2.75, 3.05) is 25.0 Å². The Kier molecular flexibility index (Phi) is 3.87. The van der Waals surface area contributed by atoms with Crippen molar-refractivity contribution in [3.63, 3.8) is 0 Å². The summed E-state index contributed by atoms with van der Waals surface area (Å²) in [5.41, 5.74) is 0.864. The number of carbonyl (C=O) groups is 1. The highest BCUT2D eigenvalue weighted by Gasteiger charge is 2.27. The van der Waals surface area contributed by atoms with E-state index in [0.717, 1.165) is 11.5 Å². The molecule has 0 radical (unpaired) electrons. The highest BCUT2D eigenvalue weighted by Crippen LogP contribution is 2.22. The summed E-state index contributed by atoms with van der Waals surface area (Å²) in [6.07, 6.45) is 1.39. The number of morpholine rings is 1. The summed E-state index contributed by atoms with van der Waals surface area (Å²) in [7, 11) is 0. The SMILES string of the molecule is Cc1cccc(NC(=O)N2CCO[C@H](c3ccco3)C2)n1.